The van der Waals surface area contributed by atoms with E-state index in [1.54, 1.807) is 72.8 Å². The summed E-state index contributed by atoms with van der Waals surface area (Å²) in [6.45, 7) is 0. The minimum atomic E-state index is -1.30. The first-order valence-electron chi connectivity index (χ1n) is 13.4. The first-order valence-corrected chi connectivity index (χ1v) is 14.8. The average molecular weight is 589 g/mol. The van der Waals surface area contributed by atoms with Crippen molar-refractivity contribution in [1.29, 1.82) is 0 Å². The Morgan fingerprint density at radius 2 is 1.38 bits per heavy atom. The van der Waals surface area contributed by atoms with Gasteiger partial charge in [0.25, 0.3) is 5.56 Å². The molecule has 0 fully saturated rings. The van der Waals surface area contributed by atoms with Crippen molar-refractivity contribution < 1.29 is 19.5 Å². The monoisotopic (exact) mass is 588 g/mol. The summed E-state index contributed by atoms with van der Waals surface area (Å²) in [5, 5.41) is 15.2. The number of thioether (sulfide) groups is 1. The third kappa shape index (κ3) is 7.55. The summed E-state index contributed by atoms with van der Waals surface area (Å²) in [5.41, 5.74) is 0.367. The molecule has 4 rings (SSSR count). The van der Waals surface area contributed by atoms with Gasteiger partial charge in [0, 0.05) is 12.8 Å². The van der Waals surface area contributed by atoms with E-state index in [1.807, 2.05) is 18.4 Å². The van der Waals surface area contributed by atoms with Crippen molar-refractivity contribution >= 4 is 40.4 Å². The van der Waals surface area contributed by atoms with Gasteiger partial charge in [0.2, 0.25) is 11.8 Å². The lowest BCUT2D eigenvalue weighted by atomic mass is 10.0. The van der Waals surface area contributed by atoms with Gasteiger partial charge in [-0.05, 0) is 41.7 Å². The zero-order valence-electron chi connectivity index (χ0n) is 23.0. The van der Waals surface area contributed by atoms with Gasteiger partial charge in [0.15, 0.2) is 0 Å². The molecule has 10 nitrogen and oxygen atoms in total. The fourth-order valence-corrected chi connectivity index (χ4v) is 5.16. The number of hydrogen-bond donors (Lipinski definition) is 4. The average Bonchev–Trinajstić information content (AvgIpc) is 2.99. The van der Waals surface area contributed by atoms with E-state index in [0.717, 1.165) is 10.1 Å². The molecule has 42 heavy (non-hydrogen) atoms. The molecule has 218 valence electrons. The Kier molecular flexibility index (Phi) is 10.3. The summed E-state index contributed by atoms with van der Waals surface area (Å²) in [4.78, 5) is 68.7. The SMILES string of the molecule is CSCCC(NC(=O)C(Cc1ccccc1)NC(=O)C(Cc1ccccc1)n1c(=O)[nH]c2ccccc2c1=O)C(=O)O. The van der Waals surface area contributed by atoms with Crippen LogP contribution in [0.15, 0.2) is 94.5 Å². The number of carboxylic acids is 1. The highest BCUT2D eigenvalue weighted by Gasteiger charge is 2.31. The molecule has 2 amide bonds. The van der Waals surface area contributed by atoms with Crippen molar-refractivity contribution in [3.63, 3.8) is 0 Å². The molecule has 3 unspecified atom stereocenters. The van der Waals surface area contributed by atoms with E-state index in [4.69, 9.17) is 0 Å². The summed E-state index contributed by atoms with van der Waals surface area (Å²) in [5.74, 6) is -2.08. The van der Waals surface area contributed by atoms with Crippen LogP contribution in [0.5, 0.6) is 0 Å². The lowest BCUT2D eigenvalue weighted by Gasteiger charge is -2.25. The molecule has 1 heterocycles. The quantitative estimate of drug-likeness (QED) is 0.187. The number of carbonyl (C=O) groups is 3. The molecule has 4 aromatic rings. The van der Waals surface area contributed by atoms with Crippen LogP contribution in [0.1, 0.15) is 23.6 Å². The fraction of sp³-hybridized carbons (Fsp3) is 0.258. The first-order chi connectivity index (χ1) is 20.3. The van der Waals surface area contributed by atoms with Gasteiger partial charge in [-0.15, -0.1) is 0 Å². The van der Waals surface area contributed by atoms with Crippen molar-refractivity contribution in [3.05, 3.63) is 117 Å². The number of nitrogens with one attached hydrogen (secondary N) is 3. The van der Waals surface area contributed by atoms with E-state index < -0.39 is 47.2 Å². The minimum absolute atomic E-state index is 0.000843. The molecule has 3 aromatic carbocycles. The molecule has 0 spiro atoms. The molecule has 0 aliphatic heterocycles. The van der Waals surface area contributed by atoms with Crippen LogP contribution in [0.25, 0.3) is 10.9 Å². The number of amides is 2. The van der Waals surface area contributed by atoms with Gasteiger partial charge >= 0.3 is 11.7 Å². The summed E-state index contributed by atoms with van der Waals surface area (Å²) >= 11 is 1.45. The van der Waals surface area contributed by atoms with Crippen LogP contribution in [-0.2, 0) is 27.2 Å². The summed E-state index contributed by atoms with van der Waals surface area (Å²) < 4.78 is 0.876. The highest BCUT2D eigenvalue weighted by atomic mass is 32.2. The molecular weight excluding hydrogens is 556 g/mol. The maximum Gasteiger partial charge on any atom is 0.329 e. The summed E-state index contributed by atoms with van der Waals surface area (Å²) in [6.07, 6.45) is 2.10. The van der Waals surface area contributed by atoms with Gasteiger partial charge in [-0.25, -0.2) is 14.2 Å². The lowest BCUT2D eigenvalue weighted by molar-refractivity contribution is -0.142. The molecule has 1 aromatic heterocycles. The fourth-order valence-electron chi connectivity index (χ4n) is 4.69. The second-order valence-corrected chi connectivity index (χ2v) is 10.8. The first kappa shape index (κ1) is 30.3. The Hall–Kier alpha value is -4.64. The highest BCUT2D eigenvalue weighted by molar-refractivity contribution is 7.98. The lowest BCUT2D eigenvalue weighted by Crippen LogP contribution is -2.55. The molecular formula is C31H32N4O6S. The Morgan fingerprint density at radius 3 is 2.00 bits per heavy atom. The standard InChI is InChI=1S/C31H32N4O6S/c1-42-17-16-24(30(39)40)32-27(36)25(18-20-10-4-2-5-11-20)33-28(37)26(19-21-12-6-3-7-13-21)35-29(38)22-14-8-9-15-23(22)34-31(35)41/h2-15,24-26H,16-19H2,1H3,(H,32,36)(H,33,37)(H,34,41)(H,39,40). The Balaban J connectivity index is 1.72. The van der Waals surface area contributed by atoms with E-state index >= 15 is 0 Å². The van der Waals surface area contributed by atoms with Gasteiger partial charge in [0.05, 0.1) is 10.9 Å². The van der Waals surface area contributed by atoms with Crippen LogP contribution in [-0.4, -0.2) is 56.5 Å². The van der Waals surface area contributed by atoms with Crippen LogP contribution in [0, 0.1) is 0 Å². The zero-order valence-corrected chi connectivity index (χ0v) is 23.8. The van der Waals surface area contributed by atoms with Crippen molar-refractivity contribution in [1.82, 2.24) is 20.2 Å². The smallest absolute Gasteiger partial charge is 0.329 e. The van der Waals surface area contributed by atoms with E-state index in [0.29, 0.717) is 16.8 Å². The summed E-state index contributed by atoms with van der Waals surface area (Å²) in [7, 11) is 0. The number of carboxylic acid groups (broad SMARTS) is 1. The zero-order chi connectivity index (χ0) is 30.1. The summed E-state index contributed by atoms with van der Waals surface area (Å²) in [6, 6.07) is 20.8. The van der Waals surface area contributed by atoms with Gasteiger partial charge < -0.3 is 20.7 Å². The van der Waals surface area contributed by atoms with Crippen LogP contribution in [0.2, 0.25) is 0 Å². The van der Waals surface area contributed by atoms with Gasteiger partial charge in [-0.2, -0.15) is 11.8 Å². The highest BCUT2D eigenvalue weighted by Crippen LogP contribution is 2.15. The number of carbonyl (C=O) groups excluding carboxylic acids is 2. The normalized spacial score (nSPS) is 13.2. The third-order valence-electron chi connectivity index (χ3n) is 6.86. The molecule has 4 N–H and O–H groups in total. The van der Waals surface area contributed by atoms with Crippen molar-refractivity contribution in [2.75, 3.05) is 12.0 Å². The molecule has 0 saturated heterocycles. The number of fused-ring (bicyclic) bond motifs is 1. The van der Waals surface area contributed by atoms with Crippen molar-refractivity contribution in [2.24, 2.45) is 0 Å². The number of para-hydroxylation sites is 1. The Morgan fingerprint density at radius 1 is 0.810 bits per heavy atom. The maximum absolute atomic E-state index is 14.0. The number of H-pyrrole nitrogens is 1. The third-order valence-corrected chi connectivity index (χ3v) is 7.51. The van der Waals surface area contributed by atoms with Crippen LogP contribution in [0.4, 0.5) is 0 Å². The molecule has 0 aliphatic rings. The van der Waals surface area contributed by atoms with E-state index in [1.165, 1.54) is 11.8 Å². The number of hydrogen-bond acceptors (Lipinski definition) is 6. The Bertz CT molecular complexity index is 1660. The second kappa shape index (κ2) is 14.3. The Labute approximate surface area is 246 Å². The van der Waals surface area contributed by atoms with Crippen LogP contribution in [0.3, 0.4) is 0 Å². The number of nitrogens with zero attached hydrogens (tertiary/aromatic N) is 1. The maximum atomic E-state index is 14.0. The molecule has 0 saturated carbocycles. The second-order valence-electron chi connectivity index (χ2n) is 9.79. The van der Waals surface area contributed by atoms with E-state index in [9.17, 15) is 29.1 Å². The number of aromatic nitrogens is 2. The number of aliphatic carboxylic acids is 1. The molecule has 0 bridgehead atoms. The molecule has 3 atom stereocenters. The number of benzene rings is 3. The van der Waals surface area contributed by atoms with Gasteiger partial charge in [0.1, 0.15) is 18.1 Å². The molecule has 0 aliphatic carbocycles. The predicted molar refractivity (Wildman–Crippen MR) is 163 cm³/mol. The van der Waals surface area contributed by atoms with E-state index in [-0.39, 0.29) is 24.6 Å². The predicted octanol–water partition coefficient (Wildman–Crippen LogP) is 2.52. The van der Waals surface area contributed by atoms with Crippen molar-refractivity contribution in [2.45, 2.75) is 37.4 Å². The van der Waals surface area contributed by atoms with E-state index in [2.05, 4.69) is 15.6 Å². The topological polar surface area (TPSA) is 150 Å². The van der Waals surface area contributed by atoms with Crippen LogP contribution >= 0.6 is 11.8 Å². The molecule has 0 radical (unpaired) electrons. The van der Waals surface area contributed by atoms with Gasteiger partial charge in [-0.3, -0.25) is 14.4 Å². The number of rotatable bonds is 13. The van der Waals surface area contributed by atoms with Crippen LogP contribution < -0.4 is 21.9 Å². The molecule has 11 heteroatoms. The van der Waals surface area contributed by atoms with Gasteiger partial charge in [-0.1, -0.05) is 72.8 Å². The van der Waals surface area contributed by atoms with Crippen molar-refractivity contribution in [3.8, 4) is 0 Å². The number of aromatic amines is 1. The minimum Gasteiger partial charge on any atom is -0.480 e. The largest absolute Gasteiger partial charge is 0.480 e.